The van der Waals surface area contributed by atoms with E-state index in [1.54, 1.807) is 6.92 Å². The van der Waals surface area contributed by atoms with Crippen molar-refractivity contribution >= 4 is 11.8 Å². The minimum atomic E-state index is -0.595. The molecule has 2 amide bonds. The van der Waals surface area contributed by atoms with Crippen molar-refractivity contribution in [2.24, 2.45) is 5.41 Å². The van der Waals surface area contributed by atoms with Crippen molar-refractivity contribution in [3.8, 4) is 11.3 Å². The predicted molar refractivity (Wildman–Crippen MR) is 96.3 cm³/mol. The lowest BCUT2D eigenvalue weighted by Gasteiger charge is -2.33. The van der Waals surface area contributed by atoms with Crippen molar-refractivity contribution in [1.29, 1.82) is 0 Å². The molecule has 1 aromatic heterocycles. The number of hydrogen-bond acceptors (Lipinski definition) is 4. The molecule has 1 N–H and O–H groups in total. The Morgan fingerprint density at radius 3 is 2.50 bits per heavy atom. The molecule has 0 bridgehead atoms. The molecule has 1 atom stereocenters. The first-order valence-corrected chi connectivity index (χ1v) is 9.17. The van der Waals surface area contributed by atoms with Crippen LogP contribution < -0.4 is 5.32 Å². The number of benzene rings is 1. The van der Waals surface area contributed by atoms with Crippen LogP contribution in [0.25, 0.3) is 11.3 Å². The number of nitrogens with zero attached hydrogens (tertiary/aromatic N) is 2. The molecule has 2 aliphatic rings. The van der Waals surface area contributed by atoms with Crippen LogP contribution in [-0.4, -0.2) is 40.8 Å². The van der Waals surface area contributed by atoms with Gasteiger partial charge >= 0.3 is 5.91 Å². The Morgan fingerprint density at radius 1 is 1.15 bits per heavy atom. The Hall–Kier alpha value is -2.63. The van der Waals surface area contributed by atoms with E-state index in [1.807, 2.05) is 35.2 Å². The Balaban J connectivity index is 1.35. The smallest absolute Gasteiger partial charge is 0.307 e. The van der Waals surface area contributed by atoms with Gasteiger partial charge in [0.05, 0.1) is 6.20 Å². The summed E-state index contributed by atoms with van der Waals surface area (Å²) < 4.78 is 5.55. The van der Waals surface area contributed by atoms with E-state index in [4.69, 9.17) is 4.42 Å². The molecule has 136 valence electrons. The van der Waals surface area contributed by atoms with Gasteiger partial charge in [-0.05, 0) is 38.0 Å². The molecule has 2 heterocycles. The van der Waals surface area contributed by atoms with Crippen molar-refractivity contribution in [3.63, 3.8) is 0 Å². The number of rotatable bonds is 4. The number of nitrogens with one attached hydrogen (secondary N) is 1. The first-order valence-electron chi connectivity index (χ1n) is 9.17. The maximum atomic E-state index is 12.6. The molecule has 2 fully saturated rings. The highest BCUT2D eigenvalue weighted by Crippen LogP contribution is 2.53. The monoisotopic (exact) mass is 353 g/mol. The molecule has 0 unspecified atom stereocenters. The lowest BCUT2D eigenvalue weighted by atomic mass is 9.93. The third-order valence-corrected chi connectivity index (χ3v) is 5.57. The highest BCUT2D eigenvalue weighted by atomic mass is 16.4. The zero-order valence-corrected chi connectivity index (χ0v) is 14.9. The molecule has 1 aliphatic carbocycles. The lowest BCUT2D eigenvalue weighted by Crippen LogP contribution is -2.49. The van der Waals surface area contributed by atoms with E-state index >= 15 is 0 Å². The predicted octanol–water partition coefficient (Wildman–Crippen LogP) is 2.86. The Morgan fingerprint density at radius 2 is 1.85 bits per heavy atom. The van der Waals surface area contributed by atoms with Crippen molar-refractivity contribution in [1.82, 2.24) is 15.2 Å². The zero-order chi connectivity index (χ0) is 18.1. The standard InChI is InChI=1S/C20H23N3O3/c1-14(19(25)23-11-9-20(7-8-20)10-12-23)22-17(24)18-21-13-16(26-18)15-5-3-2-4-6-15/h2-6,13-14H,7-12H2,1H3,(H,22,24)/t14-/m1/s1. The first kappa shape index (κ1) is 16.8. The fourth-order valence-electron chi connectivity index (χ4n) is 3.59. The quantitative estimate of drug-likeness (QED) is 0.917. The van der Waals surface area contributed by atoms with Crippen molar-refractivity contribution in [2.45, 2.75) is 38.6 Å². The highest BCUT2D eigenvalue weighted by Gasteiger charge is 2.45. The molecule has 1 aliphatic heterocycles. The number of carbonyl (C=O) groups excluding carboxylic acids is 2. The summed E-state index contributed by atoms with van der Waals surface area (Å²) in [6.45, 7) is 3.29. The molecule has 4 rings (SSSR count). The van der Waals surface area contributed by atoms with Crippen LogP contribution in [0, 0.1) is 5.41 Å². The third kappa shape index (κ3) is 3.36. The van der Waals surface area contributed by atoms with E-state index in [0.717, 1.165) is 31.5 Å². The second-order valence-corrected chi connectivity index (χ2v) is 7.42. The number of aromatic nitrogens is 1. The van der Waals surface area contributed by atoms with Gasteiger partial charge in [0.1, 0.15) is 6.04 Å². The van der Waals surface area contributed by atoms with Gasteiger partial charge in [-0.3, -0.25) is 9.59 Å². The van der Waals surface area contributed by atoms with Crippen LogP contribution in [0.2, 0.25) is 0 Å². The largest absolute Gasteiger partial charge is 0.432 e. The van der Waals surface area contributed by atoms with Gasteiger partial charge in [0.2, 0.25) is 5.91 Å². The van der Waals surface area contributed by atoms with Crippen LogP contribution >= 0.6 is 0 Å². The number of amides is 2. The summed E-state index contributed by atoms with van der Waals surface area (Å²) in [5.74, 6) is -0.00744. The first-order chi connectivity index (χ1) is 12.6. The fourth-order valence-corrected chi connectivity index (χ4v) is 3.59. The SMILES string of the molecule is C[C@@H](NC(=O)c1ncc(-c2ccccc2)o1)C(=O)N1CCC2(CC1)CC2. The summed E-state index contributed by atoms with van der Waals surface area (Å²) in [6, 6.07) is 8.87. The Bertz CT molecular complexity index is 801. The molecular formula is C20H23N3O3. The van der Waals surface area contributed by atoms with E-state index in [2.05, 4.69) is 10.3 Å². The maximum absolute atomic E-state index is 12.6. The second-order valence-electron chi connectivity index (χ2n) is 7.42. The molecule has 26 heavy (non-hydrogen) atoms. The van der Waals surface area contributed by atoms with Crippen molar-refractivity contribution < 1.29 is 14.0 Å². The number of hydrogen-bond donors (Lipinski definition) is 1. The molecule has 1 spiro atoms. The number of oxazole rings is 1. The normalized spacial score (nSPS) is 19.2. The highest BCUT2D eigenvalue weighted by molar-refractivity contribution is 5.94. The minimum absolute atomic E-state index is 0.0286. The van der Waals surface area contributed by atoms with Gasteiger partial charge in [-0.25, -0.2) is 4.98 Å². The lowest BCUT2D eigenvalue weighted by molar-refractivity contribution is -0.134. The van der Waals surface area contributed by atoms with Gasteiger partial charge in [0.15, 0.2) is 5.76 Å². The van der Waals surface area contributed by atoms with Crippen LogP contribution in [0.1, 0.15) is 43.3 Å². The van der Waals surface area contributed by atoms with E-state index in [1.165, 1.54) is 19.0 Å². The molecule has 0 radical (unpaired) electrons. The second kappa shape index (κ2) is 6.59. The molecule has 2 aromatic rings. The molecule has 1 saturated heterocycles. The van der Waals surface area contributed by atoms with Gasteiger partial charge in [0.25, 0.3) is 5.89 Å². The average molecular weight is 353 g/mol. The van der Waals surface area contributed by atoms with Gasteiger partial charge in [-0.1, -0.05) is 30.3 Å². The molecule has 1 saturated carbocycles. The average Bonchev–Trinajstić information content (AvgIpc) is 3.23. The topological polar surface area (TPSA) is 75.4 Å². The summed E-state index contributed by atoms with van der Waals surface area (Å²) in [4.78, 5) is 30.8. The Kier molecular flexibility index (Phi) is 4.26. The van der Waals surface area contributed by atoms with Crippen LogP contribution in [-0.2, 0) is 4.79 Å². The molecule has 6 nitrogen and oxygen atoms in total. The van der Waals surface area contributed by atoms with E-state index in [-0.39, 0.29) is 11.8 Å². The van der Waals surface area contributed by atoms with Gasteiger partial charge in [0, 0.05) is 18.7 Å². The summed E-state index contributed by atoms with van der Waals surface area (Å²) in [5.41, 5.74) is 1.38. The summed E-state index contributed by atoms with van der Waals surface area (Å²) in [7, 11) is 0. The Labute approximate surface area is 152 Å². The third-order valence-electron chi connectivity index (χ3n) is 5.57. The summed E-state index contributed by atoms with van der Waals surface area (Å²) in [6.07, 6.45) is 6.29. The van der Waals surface area contributed by atoms with Crippen LogP contribution in [0.5, 0.6) is 0 Å². The van der Waals surface area contributed by atoms with Gasteiger partial charge in [-0.15, -0.1) is 0 Å². The van der Waals surface area contributed by atoms with Gasteiger partial charge < -0.3 is 14.6 Å². The number of carbonyl (C=O) groups is 2. The van der Waals surface area contributed by atoms with Crippen molar-refractivity contribution in [3.05, 3.63) is 42.4 Å². The minimum Gasteiger partial charge on any atom is -0.432 e. The summed E-state index contributed by atoms with van der Waals surface area (Å²) >= 11 is 0. The van der Waals surface area contributed by atoms with Crippen LogP contribution in [0.4, 0.5) is 0 Å². The van der Waals surface area contributed by atoms with Crippen LogP contribution in [0.15, 0.2) is 40.9 Å². The molecule has 1 aromatic carbocycles. The molecule has 6 heteroatoms. The zero-order valence-electron chi connectivity index (χ0n) is 14.9. The van der Waals surface area contributed by atoms with Gasteiger partial charge in [-0.2, -0.15) is 0 Å². The van der Waals surface area contributed by atoms with E-state index in [9.17, 15) is 9.59 Å². The van der Waals surface area contributed by atoms with E-state index in [0.29, 0.717) is 11.2 Å². The van der Waals surface area contributed by atoms with Crippen molar-refractivity contribution in [2.75, 3.05) is 13.1 Å². The van der Waals surface area contributed by atoms with Crippen LogP contribution in [0.3, 0.4) is 0 Å². The fraction of sp³-hybridized carbons (Fsp3) is 0.450. The molecular weight excluding hydrogens is 330 g/mol. The van der Waals surface area contributed by atoms with E-state index < -0.39 is 11.9 Å². The summed E-state index contributed by atoms with van der Waals surface area (Å²) in [5, 5.41) is 2.71. The number of piperidine rings is 1. The number of likely N-dealkylation sites (tertiary alicyclic amines) is 1. The maximum Gasteiger partial charge on any atom is 0.307 e.